The topological polar surface area (TPSA) is 94.5 Å². The Hall–Kier alpha value is -2.22. The van der Waals surface area contributed by atoms with E-state index in [1.54, 1.807) is 24.8 Å². The molecule has 23 heavy (non-hydrogen) atoms. The lowest BCUT2D eigenvalue weighted by Gasteiger charge is -2.18. The van der Waals surface area contributed by atoms with Crippen LogP contribution in [0.4, 0.5) is 0 Å². The Labute approximate surface area is 132 Å². The fourth-order valence-corrected chi connectivity index (χ4v) is 3.45. The minimum absolute atomic E-state index is 0.0703. The minimum Gasteiger partial charge on any atom is -0.376 e. The molecule has 0 aliphatic carbocycles. The summed E-state index contributed by atoms with van der Waals surface area (Å²) >= 11 is 0. The van der Waals surface area contributed by atoms with E-state index in [2.05, 4.69) is 15.3 Å². The summed E-state index contributed by atoms with van der Waals surface area (Å²) in [6.07, 6.45) is 0.758. The molecule has 2 aliphatic heterocycles. The Morgan fingerprint density at radius 2 is 2.17 bits per heavy atom. The first-order valence-electron chi connectivity index (χ1n) is 7.73. The number of carbonyl (C=O) groups is 1. The summed E-state index contributed by atoms with van der Waals surface area (Å²) in [5.74, 6) is 2.38. The van der Waals surface area contributed by atoms with Crippen molar-refractivity contribution in [1.29, 1.82) is 0 Å². The molecule has 0 unspecified atom stereocenters. The molecule has 0 aromatic carbocycles. The first-order chi connectivity index (χ1) is 11.1. The number of aryl methyl sites for hydroxylation is 2. The maximum atomic E-state index is 12.5. The number of likely N-dealkylation sites (tertiary alicyclic amines) is 1. The summed E-state index contributed by atoms with van der Waals surface area (Å²) in [6.45, 7) is 5.49. The molecular weight excluding hydrogens is 300 g/mol. The van der Waals surface area contributed by atoms with E-state index in [-0.39, 0.29) is 17.9 Å². The molecule has 4 rings (SSSR count). The van der Waals surface area contributed by atoms with Gasteiger partial charge in [-0.2, -0.15) is 4.98 Å². The van der Waals surface area contributed by atoms with Crippen LogP contribution >= 0.6 is 0 Å². The van der Waals surface area contributed by atoms with Crippen LogP contribution in [0.2, 0.25) is 0 Å². The molecule has 2 fully saturated rings. The third-order valence-corrected chi connectivity index (χ3v) is 4.58. The summed E-state index contributed by atoms with van der Waals surface area (Å²) in [6, 6.07) is 1.66. The van der Waals surface area contributed by atoms with Gasteiger partial charge in [0.15, 0.2) is 11.5 Å². The minimum atomic E-state index is -0.104. The second kappa shape index (κ2) is 5.45. The third-order valence-electron chi connectivity index (χ3n) is 4.58. The van der Waals surface area contributed by atoms with Gasteiger partial charge in [-0.3, -0.25) is 4.79 Å². The van der Waals surface area contributed by atoms with Gasteiger partial charge in [0.1, 0.15) is 5.76 Å². The van der Waals surface area contributed by atoms with Crippen LogP contribution in [-0.2, 0) is 11.2 Å². The monoisotopic (exact) mass is 318 g/mol. The van der Waals surface area contributed by atoms with Gasteiger partial charge in [-0.1, -0.05) is 10.3 Å². The van der Waals surface area contributed by atoms with Gasteiger partial charge in [-0.25, -0.2) is 0 Å². The van der Waals surface area contributed by atoms with Gasteiger partial charge in [0.25, 0.3) is 5.91 Å². The molecule has 8 nitrogen and oxygen atoms in total. The van der Waals surface area contributed by atoms with Gasteiger partial charge in [0.05, 0.1) is 12.7 Å². The maximum absolute atomic E-state index is 12.5. The molecule has 4 heterocycles. The highest BCUT2D eigenvalue weighted by Crippen LogP contribution is 2.35. The lowest BCUT2D eigenvalue weighted by Crippen LogP contribution is -2.31. The van der Waals surface area contributed by atoms with Crippen LogP contribution in [-0.4, -0.2) is 51.9 Å². The van der Waals surface area contributed by atoms with Crippen LogP contribution in [0.3, 0.4) is 0 Å². The number of fused-ring (bicyclic) bond motifs is 1. The van der Waals surface area contributed by atoms with Gasteiger partial charge in [-0.05, 0) is 19.8 Å². The predicted octanol–water partition coefficient (Wildman–Crippen LogP) is 1.00. The zero-order chi connectivity index (χ0) is 16.0. The van der Waals surface area contributed by atoms with Gasteiger partial charge < -0.3 is 18.7 Å². The summed E-state index contributed by atoms with van der Waals surface area (Å²) in [5, 5.41) is 7.62. The van der Waals surface area contributed by atoms with E-state index in [0.29, 0.717) is 55.2 Å². The van der Waals surface area contributed by atoms with Crippen molar-refractivity contribution >= 4 is 5.91 Å². The Kier molecular flexibility index (Phi) is 3.41. The number of hydrogen-bond donors (Lipinski definition) is 0. The van der Waals surface area contributed by atoms with Crippen molar-refractivity contribution < 1.29 is 18.6 Å². The van der Waals surface area contributed by atoms with Gasteiger partial charge in [-0.15, -0.1) is 0 Å². The molecule has 2 aromatic heterocycles. The Balaban J connectivity index is 1.43. The first kappa shape index (κ1) is 14.4. The molecular formula is C15H18N4O4. The quantitative estimate of drug-likeness (QED) is 0.833. The molecule has 122 valence electrons. The van der Waals surface area contributed by atoms with E-state index >= 15 is 0 Å². The highest BCUT2D eigenvalue weighted by molar-refractivity contribution is 5.92. The Bertz CT molecular complexity index is 725. The van der Waals surface area contributed by atoms with Gasteiger partial charge in [0.2, 0.25) is 5.89 Å². The Morgan fingerprint density at radius 1 is 1.30 bits per heavy atom. The molecule has 0 radical (unpaired) electrons. The second-order valence-electron chi connectivity index (χ2n) is 6.27. The molecule has 0 saturated carbocycles. The zero-order valence-electron chi connectivity index (χ0n) is 13.1. The van der Waals surface area contributed by atoms with Crippen molar-refractivity contribution in [3.63, 3.8) is 0 Å². The number of hydrogen-bond acceptors (Lipinski definition) is 7. The maximum Gasteiger partial charge on any atom is 0.276 e. The lowest BCUT2D eigenvalue weighted by molar-refractivity contribution is 0.0667. The highest BCUT2D eigenvalue weighted by atomic mass is 16.5. The highest BCUT2D eigenvalue weighted by Gasteiger charge is 2.46. The van der Waals surface area contributed by atoms with Crippen LogP contribution in [0.25, 0.3) is 0 Å². The van der Waals surface area contributed by atoms with Crippen molar-refractivity contribution in [2.24, 2.45) is 11.8 Å². The van der Waals surface area contributed by atoms with E-state index in [1.165, 1.54) is 0 Å². The lowest BCUT2D eigenvalue weighted by atomic mass is 9.90. The fraction of sp³-hybridized carbons (Fsp3) is 0.600. The van der Waals surface area contributed by atoms with E-state index in [9.17, 15) is 4.79 Å². The largest absolute Gasteiger partial charge is 0.376 e. The van der Waals surface area contributed by atoms with Crippen LogP contribution in [0.15, 0.2) is 15.1 Å². The zero-order valence-corrected chi connectivity index (χ0v) is 13.1. The number of rotatable bonds is 3. The average Bonchev–Trinajstić information content (AvgIpc) is 3.25. The van der Waals surface area contributed by atoms with Crippen LogP contribution in [0, 0.1) is 25.7 Å². The Morgan fingerprint density at radius 3 is 2.87 bits per heavy atom. The molecule has 0 bridgehead atoms. The van der Waals surface area contributed by atoms with E-state index < -0.39 is 0 Å². The summed E-state index contributed by atoms with van der Waals surface area (Å²) < 4.78 is 16.0. The number of carbonyl (C=O) groups excluding carboxylic acids is 1. The molecule has 2 saturated heterocycles. The summed E-state index contributed by atoms with van der Waals surface area (Å²) in [5.41, 5.74) is 0.353. The smallest absolute Gasteiger partial charge is 0.276 e. The number of nitrogens with zero attached hydrogens (tertiary/aromatic N) is 4. The summed E-state index contributed by atoms with van der Waals surface area (Å²) in [4.78, 5) is 18.5. The molecule has 2 aliphatic rings. The molecule has 0 spiro atoms. The summed E-state index contributed by atoms with van der Waals surface area (Å²) in [7, 11) is 0. The van der Waals surface area contributed by atoms with E-state index in [0.717, 1.165) is 0 Å². The second-order valence-corrected chi connectivity index (χ2v) is 6.27. The molecule has 8 heteroatoms. The van der Waals surface area contributed by atoms with Crippen LogP contribution < -0.4 is 0 Å². The van der Waals surface area contributed by atoms with Crippen molar-refractivity contribution in [3.8, 4) is 0 Å². The predicted molar refractivity (Wildman–Crippen MR) is 76.6 cm³/mol. The molecule has 3 atom stereocenters. The van der Waals surface area contributed by atoms with E-state index in [4.69, 9.17) is 13.8 Å². The third kappa shape index (κ3) is 2.63. The molecule has 1 amide bonds. The normalized spacial score (nSPS) is 26.7. The fourth-order valence-electron chi connectivity index (χ4n) is 3.45. The standard InChI is InChI=1S/C15H18N4O4/c1-8-3-12(18-22-8)15(20)19-5-11-10(7-21-13(11)6-19)4-14-16-9(2)17-23-14/h3,10-11,13H,4-7H2,1-2H3/t10-,11+,13+/m1/s1. The number of ether oxygens (including phenoxy) is 1. The van der Waals surface area contributed by atoms with Crippen molar-refractivity contribution in [1.82, 2.24) is 20.2 Å². The van der Waals surface area contributed by atoms with Gasteiger partial charge in [0, 0.05) is 31.5 Å². The number of aromatic nitrogens is 3. The molecule has 2 aromatic rings. The van der Waals surface area contributed by atoms with Crippen molar-refractivity contribution in [2.45, 2.75) is 26.4 Å². The van der Waals surface area contributed by atoms with Crippen LogP contribution in [0.5, 0.6) is 0 Å². The van der Waals surface area contributed by atoms with Crippen LogP contribution in [0.1, 0.15) is 28.0 Å². The average molecular weight is 318 g/mol. The van der Waals surface area contributed by atoms with Crippen molar-refractivity contribution in [3.05, 3.63) is 29.2 Å². The SMILES string of the molecule is Cc1noc(C[C@@H]2CO[C@H]3CN(C(=O)c4cc(C)on4)C[C@@H]23)n1. The number of amides is 1. The van der Waals surface area contributed by atoms with Gasteiger partial charge >= 0.3 is 0 Å². The van der Waals surface area contributed by atoms with E-state index in [1.807, 2.05) is 0 Å². The first-order valence-corrected chi connectivity index (χ1v) is 7.73. The van der Waals surface area contributed by atoms with Crippen molar-refractivity contribution in [2.75, 3.05) is 19.7 Å². The molecule has 0 N–H and O–H groups in total.